The zero-order chi connectivity index (χ0) is 14.7. The Balaban J connectivity index is 1.41. The molecule has 0 unspecified atom stereocenters. The number of hydrogen-bond donors (Lipinski definition) is 2. The fourth-order valence-corrected chi connectivity index (χ4v) is 2.81. The molecule has 1 aliphatic heterocycles. The molecule has 0 radical (unpaired) electrons. The van der Waals surface area contributed by atoms with Gasteiger partial charge in [-0.05, 0) is 37.0 Å². The van der Waals surface area contributed by atoms with Crippen LogP contribution >= 0.6 is 0 Å². The minimum atomic E-state index is -0.0912. The third-order valence-corrected chi connectivity index (χ3v) is 4.17. The summed E-state index contributed by atoms with van der Waals surface area (Å²) < 4.78 is 10.6. The summed E-state index contributed by atoms with van der Waals surface area (Å²) in [5.74, 6) is 1.28. The van der Waals surface area contributed by atoms with Crippen LogP contribution in [0.2, 0.25) is 0 Å². The molecule has 5 heteroatoms. The van der Waals surface area contributed by atoms with Crippen LogP contribution in [0.3, 0.4) is 0 Å². The van der Waals surface area contributed by atoms with Crippen molar-refractivity contribution in [3.8, 4) is 5.75 Å². The molecule has 2 aliphatic rings. The number of methoxy groups -OCH3 is 1. The van der Waals surface area contributed by atoms with Crippen LogP contribution < -0.4 is 15.4 Å². The lowest BCUT2D eigenvalue weighted by atomic mass is 10.1. The van der Waals surface area contributed by atoms with E-state index in [0.717, 1.165) is 31.6 Å². The molecule has 1 aliphatic carbocycles. The Bertz CT molecular complexity index is 483. The van der Waals surface area contributed by atoms with Crippen LogP contribution in [0.4, 0.5) is 4.79 Å². The number of amides is 2. The van der Waals surface area contributed by atoms with Gasteiger partial charge in [-0.1, -0.05) is 12.1 Å². The summed E-state index contributed by atoms with van der Waals surface area (Å²) >= 11 is 0. The van der Waals surface area contributed by atoms with Crippen molar-refractivity contribution in [1.82, 2.24) is 10.6 Å². The Kier molecular flexibility index (Phi) is 4.29. The number of nitrogens with one attached hydrogen (secondary N) is 2. The van der Waals surface area contributed by atoms with Crippen molar-refractivity contribution in [3.63, 3.8) is 0 Å². The average molecular weight is 290 g/mol. The van der Waals surface area contributed by atoms with E-state index in [4.69, 9.17) is 9.47 Å². The maximum atomic E-state index is 11.8. The highest BCUT2D eigenvalue weighted by molar-refractivity contribution is 5.75. The van der Waals surface area contributed by atoms with Crippen LogP contribution in [0.1, 0.15) is 30.7 Å². The summed E-state index contributed by atoms with van der Waals surface area (Å²) in [6, 6.07) is 8.20. The van der Waals surface area contributed by atoms with E-state index in [1.807, 2.05) is 12.1 Å². The second kappa shape index (κ2) is 6.35. The first kappa shape index (κ1) is 14.2. The van der Waals surface area contributed by atoms with Gasteiger partial charge < -0.3 is 20.1 Å². The second-order valence-corrected chi connectivity index (χ2v) is 5.71. The summed E-state index contributed by atoms with van der Waals surface area (Å²) in [5.41, 5.74) is 1.25. The van der Waals surface area contributed by atoms with Gasteiger partial charge in [0.25, 0.3) is 0 Å². The molecule has 21 heavy (non-hydrogen) atoms. The molecule has 1 heterocycles. The molecule has 2 fully saturated rings. The van der Waals surface area contributed by atoms with Gasteiger partial charge >= 0.3 is 6.03 Å². The molecular weight excluding hydrogens is 268 g/mol. The number of rotatable bonds is 5. The number of urea groups is 1. The predicted octanol–water partition coefficient (Wildman–Crippen LogP) is 2.03. The molecule has 1 aromatic rings. The van der Waals surface area contributed by atoms with Crippen molar-refractivity contribution < 1.29 is 14.3 Å². The first-order valence-corrected chi connectivity index (χ1v) is 7.56. The van der Waals surface area contributed by atoms with Gasteiger partial charge in [0.05, 0.1) is 13.2 Å². The molecule has 114 valence electrons. The lowest BCUT2D eigenvalue weighted by Crippen LogP contribution is -2.40. The summed E-state index contributed by atoms with van der Waals surface area (Å²) in [6.45, 7) is 1.42. The van der Waals surface area contributed by atoms with Crippen molar-refractivity contribution in [2.75, 3.05) is 20.3 Å². The van der Waals surface area contributed by atoms with Crippen LogP contribution in [-0.2, 0) is 4.74 Å². The maximum Gasteiger partial charge on any atom is 0.315 e. The Morgan fingerprint density at radius 1 is 1.38 bits per heavy atom. The molecule has 2 N–H and O–H groups in total. The Labute approximate surface area is 125 Å². The fourth-order valence-electron chi connectivity index (χ4n) is 2.81. The molecule has 0 spiro atoms. The van der Waals surface area contributed by atoms with E-state index in [1.54, 1.807) is 7.11 Å². The monoisotopic (exact) mass is 290 g/mol. The van der Waals surface area contributed by atoms with Gasteiger partial charge in [0, 0.05) is 25.1 Å². The normalized spacial score (nSPS) is 27.2. The zero-order valence-electron chi connectivity index (χ0n) is 12.3. The largest absolute Gasteiger partial charge is 0.497 e. The van der Waals surface area contributed by atoms with Crippen LogP contribution in [0.25, 0.3) is 0 Å². The summed E-state index contributed by atoms with van der Waals surface area (Å²) in [5, 5.41) is 5.91. The molecule has 0 aromatic heterocycles. The van der Waals surface area contributed by atoms with E-state index < -0.39 is 0 Å². The van der Waals surface area contributed by atoms with E-state index in [9.17, 15) is 4.79 Å². The highest BCUT2D eigenvalue weighted by Crippen LogP contribution is 2.41. The fraction of sp³-hybridized carbons (Fsp3) is 0.562. The first-order chi connectivity index (χ1) is 10.3. The molecule has 3 atom stereocenters. The number of carbonyl (C=O) groups excluding carboxylic acids is 1. The van der Waals surface area contributed by atoms with Crippen molar-refractivity contribution >= 4 is 6.03 Å². The van der Waals surface area contributed by atoms with E-state index >= 15 is 0 Å². The highest BCUT2D eigenvalue weighted by Gasteiger charge is 2.39. The first-order valence-electron chi connectivity index (χ1n) is 7.56. The Hall–Kier alpha value is -1.75. The predicted molar refractivity (Wildman–Crippen MR) is 79.6 cm³/mol. The average Bonchev–Trinajstić information content (AvgIpc) is 3.07. The summed E-state index contributed by atoms with van der Waals surface area (Å²) in [7, 11) is 1.66. The zero-order valence-corrected chi connectivity index (χ0v) is 12.3. The van der Waals surface area contributed by atoms with Crippen LogP contribution in [0, 0.1) is 0 Å². The number of hydrogen-bond acceptors (Lipinski definition) is 3. The molecule has 2 amide bonds. The van der Waals surface area contributed by atoms with Gasteiger partial charge in [0.2, 0.25) is 0 Å². The lowest BCUT2D eigenvalue weighted by Gasteiger charge is -2.11. The summed E-state index contributed by atoms with van der Waals surface area (Å²) in [6.07, 6.45) is 3.32. The molecular formula is C16H22N2O3. The van der Waals surface area contributed by atoms with Gasteiger partial charge in [0.1, 0.15) is 5.75 Å². The SMILES string of the molecule is COc1ccc([C@@H]2C[C@H]2NC(=O)NC[C@H]2CCCO2)cc1. The molecule has 1 saturated heterocycles. The maximum absolute atomic E-state index is 11.8. The summed E-state index contributed by atoms with van der Waals surface area (Å²) in [4.78, 5) is 11.8. The van der Waals surface area contributed by atoms with Crippen molar-refractivity contribution in [2.24, 2.45) is 0 Å². The quantitative estimate of drug-likeness (QED) is 0.872. The Morgan fingerprint density at radius 3 is 2.86 bits per heavy atom. The highest BCUT2D eigenvalue weighted by atomic mass is 16.5. The number of benzene rings is 1. The third-order valence-electron chi connectivity index (χ3n) is 4.17. The molecule has 1 aromatic carbocycles. The van der Waals surface area contributed by atoms with Crippen LogP contribution in [-0.4, -0.2) is 38.4 Å². The van der Waals surface area contributed by atoms with Crippen LogP contribution in [0.5, 0.6) is 5.75 Å². The third kappa shape index (κ3) is 3.67. The van der Waals surface area contributed by atoms with Crippen molar-refractivity contribution in [1.29, 1.82) is 0 Å². The van der Waals surface area contributed by atoms with Crippen LogP contribution in [0.15, 0.2) is 24.3 Å². The number of carbonyl (C=O) groups is 1. The second-order valence-electron chi connectivity index (χ2n) is 5.71. The van der Waals surface area contributed by atoms with Gasteiger partial charge in [-0.2, -0.15) is 0 Å². The standard InChI is InChI=1S/C16H22N2O3/c1-20-12-6-4-11(5-7-12)14-9-15(14)18-16(19)17-10-13-3-2-8-21-13/h4-7,13-15H,2-3,8-10H2,1H3,(H2,17,18,19)/t13-,14+,15-/m1/s1. The minimum Gasteiger partial charge on any atom is -0.497 e. The smallest absolute Gasteiger partial charge is 0.315 e. The molecule has 0 bridgehead atoms. The topological polar surface area (TPSA) is 59.6 Å². The number of ether oxygens (including phenoxy) is 2. The minimum absolute atomic E-state index is 0.0912. The lowest BCUT2D eigenvalue weighted by molar-refractivity contribution is 0.111. The van der Waals surface area contributed by atoms with Gasteiger partial charge in [-0.25, -0.2) is 4.79 Å². The molecule has 1 saturated carbocycles. The van der Waals surface area contributed by atoms with E-state index in [2.05, 4.69) is 22.8 Å². The van der Waals surface area contributed by atoms with Crippen molar-refractivity contribution in [3.05, 3.63) is 29.8 Å². The molecule has 5 nitrogen and oxygen atoms in total. The van der Waals surface area contributed by atoms with E-state index in [1.165, 1.54) is 5.56 Å². The Morgan fingerprint density at radius 2 is 2.19 bits per heavy atom. The van der Waals surface area contributed by atoms with E-state index in [-0.39, 0.29) is 18.2 Å². The van der Waals surface area contributed by atoms with Crippen molar-refractivity contribution in [2.45, 2.75) is 37.3 Å². The molecule has 3 rings (SSSR count). The van der Waals surface area contributed by atoms with Gasteiger partial charge in [0.15, 0.2) is 0 Å². The van der Waals surface area contributed by atoms with Gasteiger partial charge in [-0.3, -0.25) is 0 Å². The van der Waals surface area contributed by atoms with E-state index in [0.29, 0.717) is 12.5 Å². The van der Waals surface area contributed by atoms with Gasteiger partial charge in [-0.15, -0.1) is 0 Å².